The van der Waals surface area contributed by atoms with Crippen molar-refractivity contribution in [1.29, 1.82) is 0 Å². The molecule has 3 nitrogen and oxygen atoms in total. The van der Waals surface area contributed by atoms with E-state index in [0.29, 0.717) is 24.3 Å². The van der Waals surface area contributed by atoms with Crippen LogP contribution in [0, 0.1) is 17.8 Å². The Kier molecular flexibility index (Phi) is 4.19. The van der Waals surface area contributed by atoms with Crippen molar-refractivity contribution in [1.82, 2.24) is 5.32 Å². The van der Waals surface area contributed by atoms with E-state index >= 15 is 0 Å². The Hall–Kier alpha value is -1.82. The van der Waals surface area contributed by atoms with Crippen LogP contribution >= 0.6 is 0 Å². The number of benzene rings is 1. The predicted octanol–water partition coefficient (Wildman–Crippen LogP) is 3.63. The molecule has 1 fully saturated rings. The van der Waals surface area contributed by atoms with Crippen molar-refractivity contribution in [3.05, 3.63) is 47.5 Å². The molecule has 0 spiro atoms. The molecule has 6 heteroatoms. The summed E-state index contributed by atoms with van der Waals surface area (Å²) in [6.45, 7) is 0.499. The van der Waals surface area contributed by atoms with Gasteiger partial charge in [-0.05, 0) is 54.8 Å². The molecule has 3 rings (SSSR count). The van der Waals surface area contributed by atoms with E-state index in [1.165, 1.54) is 12.1 Å². The van der Waals surface area contributed by atoms with Gasteiger partial charge < -0.3 is 10.4 Å². The minimum absolute atomic E-state index is 0.131. The Labute approximate surface area is 132 Å². The van der Waals surface area contributed by atoms with Gasteiger partial charge in [0, 0.05) is 0 Å². The van der Waals surface area contributed by atoms with Crippen LogP contribution in [-0.2, 0) is 11.0 Å². The first kappa shape index (κ1) is 16.1. The van der Waals surface area contributed by atoms with E-state index in [2.05, 4.69) is 17.5 Å². The van der Waals surface area contributed by atoms with Crippen molar-refractivity contribution in [2.75, 3.05) is 6.54 Å². The molecule has 1 aromatic carbocycles. The molecule has 1 saturated carbocycles. The zero-order valence-electron chi connectivity index (χ0n) is 12.4. The van der Waals surface area contributed by atoms with Gasteiger partial charge in [-0.2, -0.15) is 13.2 Å². The third kappa shape index (κ3) is 3.42. The van der Waals surface area contributed by atoms with Gasteiger partial charge in [0.15, 0.2) is 0 Å². The molecule has 23 heavy (non-hydrogen) atoms. The number of rotatable bonds is 5. The third-order valence-electron chi connectivity index (χ3n) is 4.79. The van der Waals surface area contributed by atoms with Crippen LogP contribution in [0.5, 0.6) is 0 Å². The highest BCUT2D eigenvalue weighted by atomic mass is 19.4. The molecular formula is C17H18F3NO2. The fraction of sp³-hybridized carbons (Fsp3) is 0.471. The van der Waals surface area contributed by atoms with Crippen LogP contribution in [0.15, 0.2) is 36.4 Å². The molecule has 124 valence electrons. The van der Waals surface area contributed by atoms with E-state index in [-0.39, 0.29) is 5.56 Å². The number of aliphatic carboxylic acids is 1. The number of hydrogen-bond acceptors (Lipinski definition) is 2. The molecule has 0 heterocycles. The number of allylic oxidation sites excluding steroid dienone is 2. The monoisotopic (exact) mass is 325 g/mol. The highest BCUT2D eigenvalue weighted by molar-refractivity contribution is 5.75. The van der Waals surface area contributed by atoms with E-state index in [0.717, 1.165) is 25.0 Å². The maximum Gasteiger partial charge on any atom is 0.416 e. The highest BCUT2D eigenvalue weighted by Gasteiger charge is 2.36. The summed E-state index contributed by atoms with van der Waals surface area (Å²) in [7, 11) is 0. The van der Waals surface area contributed by atoms with Crippen molar-refractivity contribution >= 4 is 5.97 Å². The van der Waals surface area contributed by atoms with Crippen molar-refractivity contribution in [2.24, 2.45) is 17.8 Å². The quantitative estimate of drug-likeness (QED) is 0.813. The number of halogens is 3. The molecule has 0 aliphatic heterocycles. The lowest BCUT2D eigenvalue weighted by Crippen LogP contribution is -2.33. The molecule has 4 unspecified atom stereocenters. The van der Waals surface area contributed by atoms with E-state index in [1.54, 1.807) is 0 Å². The lowest BCUT2D eigenvalue weighted by atomic mass is 9.93. The van der Waals surface area contributed by atoms with Gasteiger partial charge in [0.25, 0.3) is 0 Å². The fourth-order valence-electron chi connectivity index (χ4n) is 3.64. The molecule has 0 radical (unpaired) electrons. The number of carboxylic acid groups (broad SMARTS) is 1. The largest absolute Gasteiger partial charge is 0.480 e. The zero-order valence-corrected chi connectivity index (χ0v) is 12.4. The van der Waals surface area contributed by atoms with E-state index in [9.17, 15) is 23.1 Å². The van der Waals surface area contributed by atoms with Crippen molar-refractivity contribution in [2.45, 2.75) is 25.1 Å². The van der Waals surface area contributed by atoms with Crippen LogP contribution in [0.3, 0.4) is 0 Å². The standard InChI is InChI=1S/C17H18F3NO2/c18-17(19,20)14-3-1-2-12(8-14)15(16(22)23)21-9-13-7-10-4-5-11(13)6-10/h1-5,8,10-11,13,15,21H,6-7,9H2,(H,22,23). The maximum absolute atomic E-state index is 12.8. The minimum atomic E-state index is -4.48. The number of carboxylic acids is 1. The summed E-state index contributed by atoms with van der Waals surface area (Å²) in [6.07, 6.45) is 2.01. The van der Waals surface area contributed by atoms with Gasteiger partial charge >= 0.3 is 12.1 Å². The summed E-state index contributed by atoms with van der Waals surface area (Å²) in [5, 5.41) is 12.3. The Morgan fingerprint density at radius 1 is 1.30 bits per heavy atom. The summed E-state index contributed by atoms with van der Waals surface area (Å²) in [6, 6.07) is 3.40. The van der Waals surface area contributed by atoms with E-state index in [1.807, 2.05) is 0 Å². The molecule has 0 amide bonds. The second-order valence-electron chi connectivity index (χ2n) is 6.34. The van der Waals surface area contributed by atoms with Gasteiger partial charge in [-0.3, -0.25) is 4.79 Å². The molecule has 2 aliphatic carbocycles. The van der Waals surface area contributed by atoms with Gasteiger partial charge in [0.1, 0.15) is 6.04 Å². The summed E-state index contributed by atoms with van der Waals surface area (Å²) < 4.78 is 38.4. The molecule has 4 atom stereocenters. The van der Waals surface area contributed by atoms with Gasteiger partial charge in [0.2, 0.25) is 0 Å². The van der Waals surface area contributed by atoms with Gasteiger partial charge in [-0.1, -0.05) is 24.3 Å². The first-order valence-corrected chi connectivity index (χ1v) is 7.66. The second-order valence-corrected chi connectivity index (χ2v) is 6.34. The molecule has 1 aromatic rings. The summed E-state index contributed by atoms with van der Waals surface area (Å²) in [5.41, 5.74) is -0.697. The Morgan fingerprint density at radius 2 is 2.09 bits per heavy atom. The molecule has 2 N–H and O–H groups in total. The van der Waals surface area contributed by atoms with Crippen molar-refractivity contribution < 1.29 is 23.1 Å². The Morgan fingerprint density at radius 3 is 2.65 bits per heavy atom. The predicted molar refractivity (Wildman–Crippen MR) is 78.7 cm³/mol. The van der Waals surface area contributed by atoms with Gasteiger partial charge in [-0.15, -0.1) is 0 Å². The lowest BCUT2D eigenvalue weighted by molar-refractivity contribution is -0.140. The number of carbonyl (C=O) groups is 1. The van der Waals surface area contributed by atoms with E-state index < -0.39 is 23.8 Å². The summed E-state index contributed by atoms with van der Waals surface area (Å²) >= 11 is 0. The average Bonchev–Trinajstić information content (AvgIpc) is 3.09. The number of nitrogens with one attached hydrogen (secondary N) is 1. The number of alkyl halides is 3. The normalized spacial score (nSPS) is 27.3. The van der Waals surface area contributed by atoms with Crippen LogP contribution in [0.25, 0.3) is 0 Å². The first-order valence-electron chi connectivity index (χ1n) is 7.66. The van der Waals surface area contributed by atoms with Crippen molar-refractivity contribution in [3.8, 4) is 0 Å². The van der Waals surface area contributed by atoms with Crippen LogP contribution in [-0.4, -0.2) is 17.6 Å². The average molecular weight is 325 g/mol. The van der Waals surface area contributed by atoms with E-state index in [4.69, 9.17) is 0 Å². The summed E-state index contributed by atoms with van der Waals surface area (Å²) in [5.74, 6) is 0.229. The SMILES string of the molecule is O=C(O)C(NCC1CC2C=CC1C2)c1cccc(C(F)(F)F)c1. The summed E-state index contributed by atoms with van der Waals surface area (Å²) in [4.78, 5) is 11.5. The highest BCUT2D eigenvalue weighted by Crippen LogP contribution is 2.43. The van der Waals surface area contributed by atoms with Gasteiger partial charge in [-0.25, -0.2) is 0 Å². The zero-order chi connectivity index (χ0) is 16.6. The fourth-order valence-corrected chi connectivity index (χ4v) is 3.64. The smallest absolute Gasteiger partial charge is 0.416 e. The molecule has 2 bridgehead atoms. The first-order chi connectivity index (χ1) is 10.8. The minimum Gasteiger partial charge on any atom is -0.480 e. The number of fused-ring (bicyclic) bond motifs is 2. The molecule has 2 aliphatic rings. The maximum atomic E-state index is 12.8. The van der Waals surface area contributed by atoms with Crippen LogP contribution < -0.4 is 5.32 Å². The Balaban J connectivity index is 1.72. The topological polar surface area (TPSA) is 49.3 Å². The van der Waals surface area contributed by atoms with Crippen molar-refractivity contribution in [3.63, 3.8) is 0 Å². The molecular weight excluding hydrogens is 307 g/mol. The van der Waals surface area contributed by atoms with Crippen LogP contribution in [0.4, 0.5) is 13.2 Å². The lowest BCUT2D eigenvalue weighted by Gasteiger charge is -2.22. The molecule has 0 aromatic heterocycles. The Bertz CT molecular complexity index is 627. The van der Waals surface area contributed by atoms with Crippen LogP contribution in [0.1, 0.15) is 30.0 Å². The van der Waals surface area contributed by atoms with Gasteiger partial charge in [0.05, 0.1) is 5.56 Å². The number of hydrogen-bond donors (Lipinski definition) is 2. The second kappa shape index (κ2) is 6.00. The van der Waals surface area contributed by atoms with Crippen LogP contribution in [0.2, 0.25) is 0 Å². The third-order valence-corrected chi connectivity index (χ3v) is 4.79. The molecule has 0 saturated heterocycles.